The lowest BCUT2D eigenvalue weighted by Crippen LogP contribution is -2.14. The maximum absolute atomic E-state index is 12.2. The van der Waals surface area contributed by atoms with Crippen LogP contribution in [0.25, 0.3) is 0 Å². The summed E-state index contributed by atoms with van der Waals surface area (Å²) in [7, 11) is -3.55. The molecule has 0 aliphatic carbocycles. The fourth-order valence-corrected chi connectivity index (χ4v) is 3.86. The molecule has 2 heterocycles. The predicted octanol–water partition coefficient (Wildman–Crippen LogP) is 2.44. The van der Waals surface area contributed by atoms with Crippen LogP contribution in [0.4, 0.5) is 5.82 Å². The number of thiophene rings is 1. The van der Waals surface area contributed by atoms with Crippen LogP contribution in [0.1, 0.15) is 18.2 Å². The summed E-state index contributed by atoms with van der Waals surface area (Å²) in [5.74, 6) is 0.323. The summed E-state index contributed by atoms with van der Waals surface area (Å²) in [6.45, 7) is 3.71. The molecule has 20 heavy (non-hydrogen) atoms. The minimum absolute atomic E-state index is 0.279. The molecule has 0 saturated carbocycles. The van der Waals surface area contributed by atoms with Gasteiger partial charge in [-0.05, 0) is 31.2 Å². The second kappa shape index (κ2) is 6.83. The maximum atomic E-state index is 12.2. The highest BCUT2D eigenvalue weighted by molar-refractivity contribution is 7.92. The van der Waals surface area contributed by atoms with E-state index in [1.165, 1.54) is 11.3 Å². The fraction of sp³-hybridized carbons (Fsp3) is 0.308. The van der Waals surface area contributed by atoms with E-state index < -0.39 is 10.0 Å². The highest BCUT2D eigenvalue weighted by atomic mass is 32.2. The number of pyridine rings is 1. The Hall–Kier alpha value is -1.44. The Bertz CT molecular complexity index is 639. The molecule has 0 amide bonds. The van der Waals surface area contributed by atoms with Gasteiger partial charge in [-0.2, -0.15) is 0 Å². The van der Waals surface area contributed by atoms with E-state index in [-0.39, 0.29) is 4.90 Å². The fourth-order valence-electron chi connectivity index (χ4n) is 1.60. The first-order valence-electron chi connectivity index (χ1n) is 6.34. The van der Waals surface area contributed by atoms with Crippen molar-refractivity contribution in [3.63, 3.8) is 0 Å². The van der Waals surface area contributed by atoms with E-state index in [0.717, 1.165) is 17.8 Å². The molecule has 2 aromatic rings. The quantitative estimate of drug-likeness (QED) is 0.771. The lowest BCUT2D eigenvalue weighted by molar-refractivity contribution is 0.601. The molecule has 2 rings (SSSR count). The standard InChI is InChI=1S/C13H17N3O2S2/c1-2-6-14-9-11-8-12(10-19-11)20(17,18)16-13-5-3-4-7-15-13/h3-5,7-8,10,14H,2,6,9H2,1H3,(H,15,16). The number of sulfonamides is 1. The lowest BCUT2D eigenvalue weighted by atomic mass is 10.4. The van der Waals surface area contributed by atoms with Gasteiger partial charge in [-0.3, -0.25) is 4.72 Å². The third kappa shape index (κ3) is 4.03. The van der Waals surface area contributed by atoms with Crippen LogP contribution >= 0.6 is 11.3 Å². The number of nitrogens with one attached hydrogen (secondary N) is 2. The third-order valence-corrected chi connectivity index (χ3v) is 4.99. The highest BCUT2D eigenvalue weighted by Crippen LogP contribution is 2.21. The minimum Gasteiger partial charge on any atom is -0.312 e. The maximum Gasteiger partial charge on any atom is 0.263 e. The Labute approximate surface area is 123 Å². The molecule has 2 N–H and O–H groups in total. The average Bonchev–Trinajstić information content (AvgIpc) is 2.89. The molecule has 7 heteroatoms. The molecular formula is C13H17N3O2S2. The number of anilines is 1. The molecule has 0 aromatic carbocycles. The van der Waals surface area contributed by atoms with Gasteiger partial charge in [-0.15, -0.1) is 11.3 Å². The van der Waals surface area contributed by atoms with Crippen molar-refractivity contribution in [1.82, 2.24) is 10.3 Å². The molecule has 0 saturated heterocycles. The van der Waals surface area contributed by atoms with Crippen LogP contribution < -0.4 is 10.0 Å². The van der Waals surface area contributed by atoms with E-state index in [0.29, 0.717) is 12.4 Å². The molecule has 0 unspecified atom stereocenters. The predicted molar refractivity (Wildman–Crippen MR) is 81.4 cm³/mol. The number of hydrogen-bond donors (Lipinski definition) is 2. The molecule has 0 aliphatic rings. The largest absolute Gasteiger partial charge is 0.312 e. The Morgan fingerprint density at radius 2 is 2.20 bits per heavy atom. The van der Waals surface area contributed by atoms with Crippen LogP contribution in [0.2, 0.25) is 0 Å². The normalized spacial score (nSPS) is 11.4. The Kier molecular flexibility index (Phi) is 5.11. The second-order valence-corrected chi connectivity index (χ2v) is 6.92. The van der Waals surface area contributed by atoms with E-state index >= 15 is 0 Å². The Balaban J connectivity index is 2.06. The van der Waals surface area contributed by atoms with Crippen molar-refractivity contribution >= 4 is 27.2 Å². The molecular weight excluding hydrogens is 294 g/mol. The first kappa shape index (κ1) is 15.0. The van der Waals surface area contributed by atoms with E-state index in [1.807, 2.05) is 0 Å². The second-order valence-electron chi connectivity index (χ2n) is 4.25. The van der Waals surface area contributed by atoms with Crippen molar-refractivity contribution in [2.24, 2.45) is 0 Å². The number of rotatable bonds is 7. The number of aromatic nitrogens is 1. The molecule has 0 aliphatic heterocycles. The average molecular weight is 311 g/mol. The van der Waals surface area contributed by atoms with Crippen LogP contribution in [0.15, 0.2) is 40.7 Å². The Morgan fingerprint density at radius 3 is 2.90 bits per heavy atom. The van der Waals surface area contributed by atoms with E-state index in [4.69, 9.17) is 0 Å². The smallest absolute Gasteiger partial charge is 0.263 e. The number of hydrogen-bond acceptors (Lipinski definition) is 5. The summed E-state index contributed by atoms with van der Waals surface area (Å²) < 4.78 is 26.8. The number of nitrogens with zero attached hydrogens (tertiary/aromatic N) is 1. The zero-order valence-corrected chi connectivity index (χ0v) is 12.8. The van der Waals surface area contributed by atoms with Gasteiger partial charge >= 0.3 is 0 Å². The van der Waals surface area contributed by atoms with Gasteiger partial charge in [-0.25, -0.2) is 13.4 Å². The van der Waals surface area contributed by atoms with Crippen molar-refractivity contribution in [3.8, 4) is 0 Å². The molecule has 0 bridgehead atoms. The van der Waals surface area contributed by atoms with Gasteiger partial charge in [-0.1, -0.05) is 13.0 Å². The minimum atomic E-state index is -3.55. The summed E-state index contributed by atoms with van der Waals surface area (Å²) in [4.78, 5) is 5.24. The van der Waals surface area contributed by atoms with Crippen molar-refractivity contribution in [2.45, 2.75) is 24.8 Å². The summed E-state index contributed by atoms with van der Waals surface area (Å²) in [6, 6.07) is 6.78. The molecule has 0 radical (unpaired) electrons. The lowest BCUT2D eigenvalue weighted by Gasteiger charge is -2.04. The summed E-state index contributed by atoms with van der Waals surface area (Å²) in [5.41, 5.74) is 0. The van der Waals surface area contributed by atoms with Gasteiger partial charge < -0.3 is 5.32 Å². The van der Waals surface area contributed by atoms with Gasteiger partial charge in [0.05, 0.1) is 4.90 Å². The summed E-state index contributed by atoms with van der Waals surface area (Å²) in [6.07, 6.45) is 2.60. The molecule has 108 valence electrons. The molecule has 0 fully saturated rings. The van der Waals surface area contributed by atoms with Crippen molar-refractivity contribution in [3.05, 3.63) is 40.7 Å². The van der Waals surface area contributed by atoms with Gasteiger partial charge in [0.1, 0.15) is 5.82 Å². The van der Waals surface area contributed by atoms with Crippen molar-refractivity contribution in [2.75, 3.05) is 11.3 Å². The van der Waals surface area contributed by atoms with Crippen molar-refractivity contribution < 1.29 is 8.42 Å². The van der Waals surface area contributed by atoms with Gasteiger partial charge in [0, 0.05) is 23.0 Å². The molecule has 0 spiro atoms. The molecule has 5 nitrogen and oxygen atoms in total. The van der Waals surface area contributed by atoms with E-state index in [9.17, 15) is 8.42 Å². The van der Waals surface area contributed by atoms with Crippen LogP contribution in [0, 0.1) is 0 Å². The van der Waals surface area contributed by atoms with Gasteiger partial charge in [0.2, 0.25) is 0 Å². The van der Waals surface area contributed by atoms with Crippen LogP contribution in [0.5, 0.6) is 0 Å². The molecule has 0 atom stereocenters. The first-order chi connectivity index (χ1) is 9.62. The first-order valence-corrected chi connectivity index (χ1v) is 8.70. The van der Waals surface area contributed by atoms with Crippen LogP contribution in [-0.4, -0.2) is 19.9 Å². The van der Waals surface area contributed by atoms with Crippen LogP contribution in [0.3, 0.4) is 0 Å². The SMILES string of the molecule is CCCNCc1cc(S(=O)(=O)Nc2ccccn2)cs1. The Morgan fingerprint density at radius 1 is 1.35 bits per heavy atom. The van der Waals surface area contributed by atoms with Crippen molar-refractivity contribution in [1.29, 1.82) is 0 Å². The summed E-state index contributed by atoms with van der Waals surface area (Å²) >= 11 is 1.44. The van der Waals surface area contributed by atoms with E-state index in [1.54, 1.807) is 35.8 Å². The summed E-state index contributed by atoms with van der Waals surface area (Å²) in [5, 5.41) is 4.90. The highest BCUT2D eigenvalue weighted by Gasteiger charge is 2.16. The van der Waals surface area contributed by atoms with E-state index in [2.05, 4.69) is 21.9 Å². The molecule has 2 aromatic heterocycles. The van der Waals surface area contributed by atoms with Gasteiger partial charge in [0.15, 0.2) is 0 Å². The van der Waals surface area contributed by atoms with Crippen LogP contribution in [-0.2, 0) is 16.6 Å². The monoisotopic (exact) mass is 311 g/mol. The zero-order valence-electron chi connectivity index (χ0n) is 11.2. The third-order valence-electron chi connectivity index (χ3n) is 2.57. The van der Waals surface area contributed by atoms with Gasteiger partial charge in [0.25, 0.3) is 10.0 Å². The topological polar surface area (TPSA) is 71.1 Å². The zero-order chi connectivity index (χ0) is 14.4.